The van der Waals surface area contributed by atoms with E-state index in [-0.39, 0.29) is 23.9 Å². The van der Waals surface area contributed by atoms with Gasteiger partial charge in [-0.05, 0) is 26.0 Å². The van der Waals surface area contributed by atoms with Gasteiger partial charge in [0.05, 0.1) is 18.1 Å². The van der Waals surface area contributed by atoms with Gasteiger partial charge in [0.2, 0.25) is 5.89 Å². The topological polar surface area (TPSA) is 84.6 Å². The van der Waals surface area contributed by atoms with Gasteiger partial charge in [-0.1, -0.05) is 28.4 Å². The van der Waals surface area contributed by atoms with Crippen molar-refractivity contribution in [3.8, 4) is 5.75 Å². The average molecular weight is 408 g/mol. The first kappa shape index (κ1) is 20.2. The molecule has 0 bridgehead atoms. The van der Waals surface area contributed by atoms with Crippen molar-refractivity contribution < 1.29 is 18.0 Å². The summed E-state index contributed by atoms with van der Waals surface area (Å²) in [7, 11) is 0. The molecule has 0 unspecified atom stereocenters. The number of aliphatic imine (C=N–C) groups is 1. The highest BCUT2D eigenvalue weighted by atomic mass is 35.5. The fourth-order valence-corrected chi connectivity index (χ4v) is 2.61. The van der Waals surface area contributed by atoms with Crippen molar-refractivity contribution in [1.82, 2.24) is 20.8 Å². The molecule has 0 atom stereocenters. The maximum absolute atomic E-state index is 12.6. The molecule has 0 aliphatic heterocycles. The van der Waals surface area contributed by atoms with Crippen LogP contribution in [0.5, 0.6) is 5.75 Å². The molecule has 0 amide bonds. The van der Waals surface area contributed by atoms with Crippen molar-refractivity contribution in [2.45, 2.75) is 33.5 Å². The molecule has 11 heteroatoms. The maximum atomic E-state index is 12.6. The zero-order chi connectivity index (χ0) is 19.1. The molecule has 0 saturated carbocycles. The number of ether oxygens (including phenoxy) is 1. The number of alkyl halides is 2. The third-order valence-electron chi connectivity index (χ3n) is 3.02. The number of hydrogen-bond acceptors (Lipinski definition) is 5. The first-order chi connectivity index (χ1) is 12.4. The van der Waals surface area contributed by atoms with Gasteiger partial charge >= 0.3 is 6.61 Å². The molecule has 2 aromatic rings. The summed E-state index contributed by atoms with van der Waals surface area (Å²) in [6.07, 6.45) is 0. The predicted molar refractivity (Wildman–Crippen MR) is 93.8 cm³/mol. The first-order valence-corrected chi connectivity index (χ1v) is 8.38. The van der Waals surface area contributed by atoms with Crippen molar-refractivity contribution in [2.75, 3.05) is 6.54 Å². The number of halogens is 4. The van der Waals surface area contributed by atoms with E-state index in [1.54, 1.807) is 6.92 Å². The van der Waals surface area contributed by atoms with Crippen LogP contribution in [0.2, 0.25) is 10.0 Å². The van der Waals surface area contributed by atoms with E-state index in [9.17, 15) is 8.78 Å². The quantitative estimate of drug-likeness (QED) is 0.539. The zero-order valence-corrected chi connectivity index (χ0v) is 15.5. The molecule has 0 aliphatic carbocycles. The summed E-state index contributed by atoms with van der Waals surface area (Å²) in [5, 5.41) is 9.98. The largest absolute Gasteiger partial charge is 0.433 e. The summed E-state index contributed by atoms with van der Waals surface area (Å²) in [6.45, 7) is 1.44. The lowest BCUT2D eigenvalue weighted by molar-refractivity contribution is -0.0503. The Balaban J connectivity index is 2.15. The molecule has 1 aromatic carbocycles. The third-order valence-corrected chi connectivity index (χ3v) is 3.52. The van der Waals surface area contributed by atoms with Crippen LogP contribution in [0.1, 0.15) is 24.2 Å². The SMILES string of the molecule is CCNC(=NCc1cc(Cl)cc(Cl)c1OC(F)F)NCc1nc(C)no1. The summed E-state index contributed by atoms with van der Waals surface area (Å²) in [5.41, 5.74) is 0.327. The van der Waals surface area contributed by atoms with Crippen LogP contribution in [0.15, 0.2) is 21.6 Å². The van der Waals surface area contributed by atoms with Crippen LogP contribution < -0.4 is 15.4 Å². The van der Waals surface area contributed by atoms with Crippen molar-refractivity contribution in [1.29, 1.82) is 0 Å². The van der Waals surface area contributed by atoms with Gasteiger partial charge < -0.3 is 19.9 Å². The maximum Gasteiger partial charge on any atom is 0.387 e. The number of nitrogens with one attached hydrogen (secondary N) is 2. The number of rotatable bonds is 7. The van der Waals surface area contributed by atoms with Crippen molar-refractivity contribution in [3.63, 3.8) is 0 Å². The summed E-state index contributed by atoms with van der Waals surface area (Å²) >= 11 is 11.9. The van der Waals surface area contributed by atoms with E-state index in [0.29, 0.717) is 34.8 Å². The molecule has 1 aromatic heterocycles. The molecule has 0 aliphatic rings. The second-order valence-electron chi connectivity index (χ2n) is 5.04. The van der Waals surface area contributed by atoms with E-state index in [1.807, 2.05) is 6.92 Å². The third kappa shape index (κ3) is 5.99. The highest BCUT2D eigenvalue weighted by Crippen LogP contribution is 2.34. The molecule has 2 rings (SSSR count). The van der Waals surface area contributed by atoms with Gasteiger partial charge in [0.1, 0.15) is 5.75 Å². The minimum absolute atomic E-state index is 0.0118. The summed E-state index contributed by atoms with van der Waals surface area (Å²) in [5.74, 6) is 1.17. The summed E-state index contributed by atoms with van der Waals surface area (Å²) < 4.78 is 34.7. The van der Waals surface area contributed by atoms with Crippen LogP contribution in [0.3, 0.4) is 0 Å². The van der Waals surface area contributed by atoms with Gasteiger partial charge in [-0.3, -0.25) is 0 Å². The Kier molecular flexibility index (Phi) is 7.40. The van der Waals surface area contributed by atoms with Crippen molar-refractivity contribution in [2.24, 2.45) is 4.99 Å². The molecule has 2 N–H and O–H groups in total. The van der Waals surface area contributed by atoms with Gasteiger partial charge in [0.15, 0.2) is 11.8 Å². The van der Waals surface area contributed by atoms with E-state index >= 15 is 0 Å². The number of benzene rings is 1. The Morgan fingerprint density at radius 3 is 2.73 bits per heavy atom. The van der Waals surface area contributed by atoms with Crippen LogP contribution in [0.25, 0.3) is 0 Å². The molecule has 142 valence electrons. The first-order valence-electron chi connectivity index (χ1n) is 7.63. The summed E-state index contributed by atoms with van der Waals surface area (Å²) in [6, 6.07) is 2.80. The lowest BCUT2D eigenvalue weighted by atomic mass is 10.2. The molecule has 0 radical (unpaired) electrons. The second-order valence-corrected chi connectivity index (χ2v) is 5.88. The molecule has 1 heterocycles. The van der Waals surface area contributed by atoms with Crippen LogP contribution in [-0.2, 0) is 13.1 Å². The average Bonchev–Trinajstić information content (AvgIpc) is 2.98. The summed E-state index contributed by atoms with van der Waals surface area (Å²) in [4.78, 5) is 8.39. The predicted octanol–water partition coefficient (Wildman–Crippen LogP) is 3.54. The lowest BCUT2D eigenvalue weighted by Crippen LogP contribution is -2.36. The number of aryl methyl sites for hydroxylation is 1. The fraction of sp³-hybridized carbons (Fsp3) is 0.400. The van der Waals surface area contributed by atoms with E-state index in [0.717, 1.165) is 0 Å². The Labute approximate surface area is 158 Å². The van der Waals surface area contributed by atoms with E-state index < -0.39 is 6.61 Å². The van der Waals surface area contributed by atoms with Gasteiger partial charge in [-0.15, -0.1) is 0 Å². The second kappa shape index (κ2) is 9.54. The minimum Gasteiger partial charge on any atom is -0.433 e. The van der Waals surface area contributed by atoms with Gasteiger partial charge in [-0.25, -0.2) is 4.99 Å². The van der Waals surface area contributed by atoms with Gasteiger partial charge in [0.25, 0.3) is 0 Å². The standard InChI is InChI=1S/C15H17Cl2F2N5O2/c1-3-20-15(22-7-12-23-8(2)24-26-12)21-6-9-4-10(16)5-11(17)13(9)25-14(18)19/h4-5,14H,3,6-7H2,1-2H3,(H2,20,21,22). The number of nitrogens with zero attached hydrogens (tertiary/aromatic N) is 3. The molecular weight excluding hydrogens is 391 g/mol. The molecule has 7 nitrogen and oxygen atoms in total. The van der Waals surface area contributed by atoms with Gasteiger partial charge in [0, 0.05) is 17.1 Å². The molecule has 26 heavy (non-hydrogen) atoms. The normalized spacial score (nSPS) is 11.7. The van der Waals surface area contributed by atoms with E-state index in [2.05, 4.69) is 30.5 Å². The van der Waals surface area contributed by atoms with Crippen LogP contribution in [0, 0.1) is 6.92 Å². The van der Waals surface area contributed by atoms with Gasteiger partial charge in [-0.2, -0.15) is 13.8 Å². The number of guanidine groups is 1. The van der Waals surface area contributed by atoms with Crippen molar-refractivity contribution in [3.05, 3.63) is 39.5 Å². The monoisotopic (exact) mass is 407 g/mol. The smallest absolute Gasteiger partial charge is 0.387 e. The number of aromatic nitrogens is 2. The van der Waals surface area contributed by atoms with Crippen molar-refractivity contribution >= 4 is 29.2 Å². The van der Waals surface area contributed by atoms with Crippen LogP contribution in [-0.4, -0.2) is 29.3 Å². The Morgan fingerprint density at radius 1 is 1.35 bits per heavy atom. The van der Waals surface area contributed by atoms with E-state index in [1.165, 1.54) is 12.1 Å². The Hall–Kier alpha value is -2.13. The molecule has 0 spiro atoms. The highest BCUT2D eigenvalue weighted by molar-refractivity contribution is 6.35. The fourth-order valence-electron chi connectivity index (χ4n) is 2.03. The van der Waals surface area contributed by atoms with Crippen LogP contribution in [0.4, 0.5) is 8.78 Å². The molecule has 0 fully saturated rings. The highest BCUT2D eigenvalue weighted by Gasteiger charge is 2.15. The minimum atomic E-state index is -3.01. The Morgan fingerprint density at radius 2 is 2.12 bits per heavy atom. The lowest BCUT2D eigenvalue weighted by Gasteiger charge is -2.13. The Bertz CT molecular complexity index is 770. The molecule has 0 saturated heterocycles. The van der Waals surface area contributed by atoms with E-state index in [4.69, 9.17) is 27.7 Å². The number of hydrogen-bond donors (Lipinski definition) is 2. The molecular formula is C15H17Cl2F2N5O2. The zero-order valence-electron chi connectivity index (χ0n) is 14.0. The van der Waals surface area contributed by atoms with Crippen LogP contribution >= 0.6 is 23.2 Å².